The molecule has 4 rings (SSSR count). The van der Waals surface area contributed by atoms with Crippen LogP contribution in [0.15, 0.2) is 101 Å². The Morgan fingerprint density at radius 1 is 0.786 bits per heavy atom. The molecule has 0 atom stereocenters. The van der Waals surface area contributed by atoms with Crippen LogP contribution in [-0.2, 0) is 4.75 Å². The molecule has 1 heterocycles. The van der Waals surface area contributed by atoms with E-state index in [2.05, 4.69) is 41.4 Å². The summed E-state index contributed by atoms with van der Waals surface area (Å²) in [7, 11) is 0. The van der Waals surface area contributed by atoms with Gasteiger partial charge in [-0.25, -0.2) is 9.78 Å². The second kappa shape index (κ2) is 8.00. The van der Waals surface area contributed by atoms with Crippen molar-refractivity contribution >= 4 is 29.1 Å². The average Bonchev–Trinajstić information content (AvgIpc) is 3.23. The van der Waals surface area contributed by atoms with Gasteiger partial charge >= 0.3 is 5.97 Å². The van der Waals surface area contributed by atoms with Gasteiger partial charge in [-0.3, -0.25) is 0 Å². The highest BCUT2D eigenvalue weighted by Crippen LogP contribution is 2.52. The van der Waals surface area contributed by atoms with Gasteiger partial charge in [-0.1, -0.05) is 103 Å². The minimum absolute atomic E-state index is 0.102. The molecule has 28 heavy (non-hydrogen) atoms. The number of thioether (sulfide) groups is 1. The lowest BCUT2D eigenvalue weighted by atomic mass is 9.84. The monoisotopic (exact) mass is 403 g/mol. The number of hydrogen-bond donors (Lipinski definition) is 1. The van der Waals surface area contributed by atoms with Crippen LogP contribution in [0, 0.1) is 0 Å². The largest absolute Gasteiger partial charge is 0.476 e. The number of hydrogen-bond acceptors (Lipinski definition) is 4. The first-order valence-electron chi connectivity index (χ1n) is 8.75. The normalized spacial score (nSPS) is 11.3. The van der Waals surface area contributed by atoms with Crippen LogP contribution in [0.5, 0.6) is 0 Å². The maximum atomic E-state index is 11.3. The fourth-order valence-corrected chi connectivity index (χ4v) is 5.69. The first-order chi connectivity index (χ1) is 13.7. The summed E-state index contributed by atoms with van der Waals surface area (Å²) in [6.45, 7) is 0. The molecule has 3 aromatic carbocycles. The van der Waals surface area contributed by atoms with Gasteiger partial charge in [0.2, 0.25) is 5.01 Å². The van der Waals surface area contributed by atoms with E-state index >= 15 is 0 Å². The summed E-state index contributed by atoms with van der Waals surface area (Å²) in [5, 5.41) is 9.39. The van der Waals surface area contributed by atoms with Crippen LogP contribution >= 0.6 is 23.1 Å². The van der Waals surface area contributed by atoms with Gasteiger partial charge < -0.3 is 5.11 Å². The molecule has 0 aliphatic carbocycles. The van der Waals surface area contributed by atoms with Crippen LogP contribution in [0.4, 0.5) is 0 Å². The van der Waals surface area contributed by atoms with E-state index in [1.165, 1.54) is 11.3 Å². The van der Waals surface area contributed by atoms with Crippen LogP contribution in [-0.4, -0.2) is 16.1 Å². The van der Waals surface area contributed by atoms with Gasteiger partial charge in [-0.15, -0.1) is 11.3 Å². The second-order valence-electron chi connectivity index (χ2n) is 6.17. The van der Waals surface area contributed by atoms with Crippen molar-refractivity contribution in [3.63, 3.8) is 0 Å². The van der Waals surface area contributed by atoms with Gasteiger partial charge in [0.15, 0.2) is 0 Å². The highest BCUT2D eigenvalue weighted by Gasteiger charge is 2.38. The van der Waals surface area contributed by atoms with Crippen molar-refractivity contribution < 1.29 is 9.90 Å². The number of thiazole rings is 1. The molecule has 0 saturated carbocycles. The Morgan fingerprint density at radius 3 is 1.57 bits per heavy atom. The highest BCUT2D eigenvalue weighted by molar-refractivity contribution is 8.02. The summed E-state index contributed by atoms with van der Waals surface area (Å²) in [6.07, 6.45) is 1.66. The molecular formula is C23H17NO2S2. The predicted molar refractivity (Wildman–Crippen MR) is 114 cm³/mol. The van der Waals surface area contributed by atoms with E-state index in [4.69, 9.17) is 0 Å². The number of carboxylic acid groups (broad SMARTS) is 1. The standard InChI is InChI=1S/C23H17NO2S2/c25-22(26)21-24-16-20(27-21)28-23(17-10-4-1-5-11-17,18-12-6-2-7-13-18)19-14-8-3-9-15-19/h1-16H,(H,25,26). The molecule has 5 heteroatoms. The Labute approximate surface area is 171 Å². The molecule has 1 N–H and O–H groups in total. The smallest absolute Gasteiger partial charge is 0.365 e. The van der Waals surface area contributed by atoms with Gasteiger partial charge in [-0.2, -0.15) is 0 Å². The van der Waals surface area contributed by atoms with Gasteiger partial charge in [0.1, 0.15) is 0 Å². The van der Waals surface area contributed by atoms with Crippen molar-refractivity contribution in [3.05, 3.63) is 119 Å². The van der Waals surface area contributed by atoms with Gasteiger partial charge in [0.25, 0.3) is 0 Å². The molecule has 0 fully saturated rings. The lowest BCUT2D eigenvalue weighted by molar-refractivity contribution is 0.0696. The number of benzene rings is 3. The minimum Gasteiger partial charge on any atom is -0.476 e. The third kappa shape index (κ3) is 3.46. The number of aromatic nitrogens is 1. The van der Waals surface area contributed by atoms with E-state index in [0.29, 0.717) is 0 Å². The highest BCUT2D eigenvalue weighted by atomic mass is 32.2. The third-order valence-corrected chi connectivity index (χ3v) is 7.06. The average molecular weight is 404 g/mol. The van der Waals surface area contributed by atoms with Gasteiger partial charge in [-0.05, 0) is 16.7 Å². The Morgan fingerprint density at radius 2 is 1.21 bits per heavy atom. The van der Waals surface area contributed by atoms with Crippen LogP contribution in [0.3, 0.4) is 0 Å². The Balaban J connectivity index is 1.96. The van der Waals surface area contributed by atoms with Crippen molar-refractivity contribution in [2.24, 2.45) is 0 Å². The minimum atomic E-state index is -0.999. The molecule has 0 amide bonds. The number of carbonyl (C=O) groups is 1. The number of aromatic carboxylic acids is 1. The molecule has 0 unspecified atom stereocenters. The zero-order chi connectivity index (χ0) is 19.4. The number of nitrogens with zero attached hydrogens (tertiary/aromatic N) is 1. The third-order valence-electron chi connectivity index (χ3n) is 4.46. The van der Waals surface area contributed by atoms with Crippen LogP contribution in [0.2, 0.25) is 0 Å². The molecule has 0 aliphatic rings. The molecule has 0 bridgehead atoms. The summed E-state index contributed by atoms with van der Waals surface area (Å²) in [4.78, 5) is 15.4. The zero-order valence-corrected chi connectivity index (χ0v) is 16.5. The molecule has 1 aromatic heterocycles. The lowest BCUT2D eigenvalue weighted by Gasteiger charge is -2.34. The summed E-state index contributed by atoms with van der Waals surface area (Å²) in [6, 6.07) is 30.9. The summed E-state index contributed by atoms with van der Waals surface area (Å²) in [5.41, 5.74) is 3.38. The Kier molecular flexibility index (Phi) is 5.28. The van der Waals surface area contributed by atoms with Gasteiger partial charge in [0.05, 0.1) is 15.2 Å². The zero-order valence-electron chi connectivity index (χ0n) is 14.9. The molecule has 0 spiro atoms. The molecular weight excluding hydrogens is 386 g/mol. The Bertz CT molecular complexity index is 967. The van der Waals surface area contributed by atoms with E-state index in [1.54, 1.807) is 18.0 Å². The lowest BCUT2D eigenvalue weighted by Crippen LogP contribution is -2.25. The van der Waals surface area contributed by atoms with Crippen LogP contribution < -0.4 is 0 Å². The van der Waals surface area contributed by atoms with Crippen LogP contribution in [0.1, 0.15) is 26.5 Å². The van der Waals surface area contributed by atoms with Crippen molar-refractivity contribution in [2.75, 3.05) is 0 Å². The SMILES string of the molecule is O=C(O)c1ncc(SC(c2ccccc2)(c2ccccc2)c2ccccc2)s1. The fourth-order valence-electron chi connectivity index (χ4n) is 3.25. The maximum Gasteiger partial charge on any atom is 0.365 e. The number of carboxylic acids is 1. The second-order valence-corrected chi connectivity index (χ2v) is 8.72. The summed E-state index contributed by atoms with van der Waals surface area (Å²) >= 11 is 2.83. The van der Waals surface area contributed by atoms with E-state index in [9.17, 15) is 9.90 Å². The quantitative estimate of drug-likeness (QED) is 0.320. The molecule has 0 saturated heterocycles. The van der Waals surface area contributed by atoms with E-state index in [0.717, 1.165) is 20.9 Å². The maximum absolute atomic E-state index is 11.3. The molecule has 138 valence electrons. The summed E-state index contributed by atoms with van der Waals surface area (Å²) in [5.74, 6) is -0.999. The molecule has 0 aliphatic heterocycles. The molecule has 0 radical (unpaired) electrons. The number of rotatable bonds is 6. The fraction of sp³-hybridized carbons (Fsp3) is 0.0435. The van der Waals surface area contributed by atoms with E-state index in [-0.39, 0.29) is 5.01 Å². The van der Waals surface area contributed by atoms with Gasteiger partial charge in [0, 0.05) is 0 Å². The van der Waals surface area contributed by atoms with E-state index < -0.39 is 10.7 Å². The summed E-state index contributed by atoms with van der Waals surface area (Å²) < 4.78 is 0.334. The first kappa shape index (κ1) is 18.5. The van der Waals surface area contributed by atoms with Crippen molar-refractivity contribution in [1.82, 2.24) is 4.98 Å². The van der Waals surface area contributed by atoms with Crippen molar-refractivity contribution in [2.45, 2.75) is 8.96 Å². The van der Waals surface area contributed by atoms with Crippen molar-refractivity contribution in [3.8, 4) is 0 Å². The predicted octanol–water partition coefficient (Wildman–Crippen LogP) is 5.93. The topological polar surface area (TPSA) is 50.2 Å². The van der Waals surface area contributed by atoms with E-state index in [1.807, 2.05) is 54.6 Å². The van der Waals surface area contributed by atoms with Crippen molar-refractivity contribution in [1.29, 1.82) is 0 Å². The Hall–Kier alpha value is -2.89. The molecule has 3 nitrogen and oxygen atoms in total. The first-order valence-corrected chi connectivity index (χ1v) is 10.4. The molecule has 4 aromatic rings. The van der Waals surface area contributed by atoms with Crippen LogP contribution in [0.25, 0.3) is 0 Å².